The third-order valence-electron chi connectivity index (χ3n) is 6.66. The number of aromatic nitrogens is 3. The van der Waals surface area contributed by atoms with E-state index >= 15 is 0 Å². The molecule has 176 valence electrons. The van der Waals surface area contributed by atoms with E-state index in [-0.39, 0.29) is 18.0 Å². The minimum Gasteiger partial charge on any atom is -0.489 e. The Labute approximate surface area is 203 Å². The molecule has 7 nitrogen and oxygen atoms in total. The molecule has 0 saturated carbocycles. The number of halogens is 1. The van der Waals surface area contributed by atoms with E-state index in [9.17, 15) is 4.79 Å². The lowest BCUT2D eigenvalue weighted by molar-refractivity contribution is 0.0291. The molecule has 0 N–H and O–H groups in total. The summed E-state index contributed by atoms with van der Waals surface area (Å²) in [6.45, 7) is 4.15. The lowest BCUT2D eigenvalue weighted by atomic mass is 10.2. The highest BCUT2D eigenvalue weighted by Crippen LogP contribution is 2.27. The Morgan fingerprint density at radius 3 is 2.71 bits per heavy atom. The molecule has 2 unspecified atom stereocenters. The van der Waals surface area contributed by atoms with Crippen LogP contribution in [-0.4, -0.2) is 51.1 Å². The molecule has 8 heteroatoms. The third kappa shape index (κ3) is 4.46. The maximum Gasteiger partial charge on any atom is 0.258 e. The van der Waals surface area contributed by atoms with Crippen molar-refractivity contribution in [1.29, 1.82) is 0 Å². The van der Waals surface area contributed by atoms with Crippen molar-refractivity contribution in [3.05, 3.63) is 89.0 Å². The van der Waals surface area contributed by atoms with Gasteiger partial charge in [0, 0.05) is 42.5 Å². The van der Waals surface area contributed by atoms with Gasteiger partial charge in [0.1, 0.15) is 12.4 Å². The summed E-state index contributed by atoms with van der Waals surface area (Å²) in [4.78, 5) is 15.3. The molecule has 2 aliphatic heterocycles. The number of benzene rings is 2. The van der Waals surface area contributed by atoms with E-state index in [1.807, 2.05) is 60.8 Å². The second-order valence-electron chi connectivity index (χ2n) is 8.80. The normalized spacial score (nSPS) is 19.4. The number of fused-ring (bicyclic) bond motifs is 3. The van der Waals surface area contributed by atoms with Crippen molar-refractivity contribution in [2.24, 2.45) is 0 Å². The lowest BCUT2D eigenvalue weighted by Crippen LogP contribution is -2.38. The molecular formula is C26H27ClN4O3. The Morgan fingerprint density at radius 1 is 1.06 bits per heavy atom. The predicted molar refractivity (Wildman–Crippen MR) is 133 cm³/mol. The van der Waals surface area contributed by atoms with Gasteiger partial charge in [0.2, 0.25) is 0 Å². The van der Waals surface area contributed by atoms with Crippen LogP contribution >= 0.6 is 12.4 Å². The predicted octanol–water partition coefficient (Wildman–Crippen LogP) is 3.66. The van der Waals surface area contributed by atoms with Crippen molar-refractivity contribution < 1.29 is 9.47 Å². The second kappa shape index (κ2) is 9.62. The van der Waals surface area contributed by atoms with Crippen LogP contribution in [0.15, 0.2) is 77.9 Å². The van der Waals surface area contributed by atoms with Gasteiger partial charge in [-0.05, 0) is 36.2 Å². The zero-order chi connectivity index (χ0) is 22.2. The van der Waals surface area contributed by atoms with Gasteiger partial charge in [0.05, 0.1) is 31.0 Å². The van der Waals surface area contributed by atoms with Crippen molar-refractivity contribution in [1.82, 2.24) is 19.2 Å². The van der Waals surface area contributed by atoms with Crippen LogP contribution in [0.25, 0.3) is 16.6 Å². The maximum atomic E-state index is 12.8. The number of likely N-dealkylation sites (tertiary alicyclic amines) is 1. The molecule has 2 aromatic carbocycles. The zero-order valence-corrected chi connectivity index (χ0v) is 19.6. The van der Waals surface area contributed by atoms with Crippen LogP contribution in [0, 0.1) is 0 Å². The molecule has 0 aliphatic carbocycles. The molecule has 4 aromatic rings. The molecule has 6 rings (SSSR count). The van der Waals surface area contributed by atoms with Gasteiger partial charge in [-0.15, -0.1) is 12.4 Å². The van der Waals surface area contributed by atoms with Gasteiger partial charge in [-0.1, -0.05) is 30.3 Å². The first-order valence-electron chi connectivity index (χ1n) is 11.4. The Bertz CT molecular complexity index is 1340. The van der Waals surface area contributed by atoms with Crippen LogP contribution in [-0.2, 0) is 17.9 Å². The highest BCUT2D eigenvalue weighted by atomic mass is 35.5. The fourth-order valence-electron chi connectivity index (χ4n) is 4.88. The van der Waals surface area contributed by atoms with Crippen LogP contribution in [0.3, 0.4) is 0 Å². The van der Waals surface area contributed by atoms with Crippen LogP contribution in [0.2, 0.25) is 0 Å². The highest BCUT2D eigenvalue weighted by molar-refractivity contribution is 5.85. The summed E-state index contributed by atoms with van der Waals surface area (Å²) in [7, 11) is 0. The largest absolute Gasteiger partial charge is 0.489 e. The number of morpholine rings is 1. The first kappa shape index (κ1) is 22.7. The zero-order valence-electron chi connectivity index (χ0n) is 18.7. The number of nitrogens with zero attached hydrogens (tertiary/aromatic N) is 4. The van der Waals surface area contributed by atoms with E-state index in [1.165, 1.54) is 6.07 Å². The van der Waals surface area contributed by atoms with Crippen LogP contribution in [0.1, 0.15) is 12.0 Å². The number of hydrogen-bond donors (Lipinski definition) is 0. The maximum absolute atomic E-state index is 12.8. The van der Waals surface area contributed by atoms with E-state index in [0.29, 0.717) is 24.5 Å². The third-order valence-corrected chi connectivity index (χ3v) is 6.66. The highest BCUT2D eigenvalue weighted by Gasteiger charge is 2.38. The second-order valence-corrected chi connectivity index (χ2v) is 8.80. The van der Waals surface area contributed by atoms with Gasteiger partial charge in [0.25, 0.3) is 5.56 Å². The standard InChI is InChI=1S/C26H26N4O3.ClH/c31-26-14-23(32-17-19-4-2-1-3-5-19)8-9-29(26)21-6-7-25-20(12-21)15-27-30(25)11-10-28-16-24-13-22(28)18-33-24;/h1-9,12,14-15,22,24H,10-11,13,16-18H2;1H. The fraction of sp³-hybridized carbons (Fsp3) is 0.308. The molecule has 0 radical (unpaired) electrons. The number of pyridine rings is 1. The summed E-state index contributed by atoms with van der Waals surface area (Å²) in [6, 6.07) is 19.9. The van der Waals surface area contributed by atoms with E-state index in [1.54, 1.807) is 10.8 Å². The Balaban J connectivity index is 0.00000241. The van der Waals surface area contributed by atoms with Crippen LogP contribution in [0.5, 0.6) is 5.75 Å². The van der Waals surface area contributed by atoms with Gasteiger partial charge in [-0.3, -0.25) is 18.9 Å². The van der Waals surface area contributed by atoms with Crippen LogP contribution in [0.4, 0.5) is 0 Å². The summed E-state index contributed by atoms with van der Waals surface area (Å²) in [5.74, 6) is 0.565. The number of rotatable bonds is 7. The molecule has 4 heterocycles. The average molecular weight is 479 g/mol. The molecule has 2 fully saturated rings. The first-order chi connectivity index (χ1) is 16.2. The Hall–Kier alpha value is -3.13. The summed E-state index contributed by atoms with van der Waals surface area (Å²) in [5.41, 5.74) is 2.83. The topological polar surface area (TPSA) is 61.5 Å². The van der Waals surface area contributed by atoms with Gasteiger partial charge < -0.3 is 9.47 Å². The van der Waals surface area contributed by atoms with E-state index < -0.39 is 0 Å². The van der Waals surface area contributed by atoms with Crippen molar-refractivity contribution in [3.8, 4) is 11.4 Å². The van der Waals surface area contributed by atoms with Gasteiger partial charge in [-0.2, -0.15) is 5.10 Å². The van der Waals surface area contributed by atoms with Crippen molar-refractivity contribution in [3.63, 3.8) is 0 Å². The quantitative estimate of drug-likeness (QED) is 0.405. The number of hydrogen-bond acceptors (Lipinski definition) is 5. The van der Waals surface area contributed by atoms with Crippen molar-refractivity contribution in [2.45, 2.75) is 31.7 Å². The monoisotopic (exact) mass is 478 g/mol. The molecule has 2 bridgehead atoms. The van der Waals surface area contributed by atoms with E-state index in [2.05, 4.69) is 14.7 Å². The van der Waals surface area contributed by atoms with Gasteiger partial charge in [-0.25, -0.2) is 0 Å². The molecule has 0 amide bonds. The van der Waals surface area contributed by atoms with E-state index in [0.717, 1.165) is 54.8 Å². The number of ether oxygens (including phenoxy) is 2. The molecule has 2 aromatic heterocycles. The minimum atomic E-state index is -0.126. The molecule has 34 heavy (non-hydrogen) atoms. The van der Waals surface area contributed by atoms with E-state index in [4.69, 9.17) is 9.47 Å². The van der Waals surface area contributed by atoms with Crippen LogP contribution < -0.4 is 10.3 Å². The fourth-order valence-corrected chi connectivity index (χ4v) is 4.88. The molecule has 2 atom stereocenters. The SMILES string of the molecule is Cl.O=c1cc(OCc2ccccc2)ccn1-c1ccc2c(cnn2CCN2CC3CC2CO3)c1. The smallest absolute Gasteiger partial charge is 0.258 e. The minimum absolute atomic E-state index is 0. The molecule has 2 saturated heterocycles. The summed E-state index contributed by atoms with van der Waals surface area (Å²) in [6.07, 6.45) is 5.22. The van der Waals surface area contributed by atoms with Crippen molar-refractivity contribution in [2.75, 3.05) is 19.7 Å². The molecular weight excluding hydrogens is 452 g/mol. The summed E-state index contributed by atoms with van der Waals surface area (Å²) < 4.78 is 15.2. The van der Waals surface area contributed by atoms with Gasteiger partial charge >= 0.3 is 0 Å². The summed E-state index contributed by atoms with van der Waals surface area (Å²) >= 11 is 0. The molecule has 2 aliphatic rings. The first-order valence-corrected chi connectivity index (χ1v) is 11.4. The van der Waals surface area contributed by atoms with Crippen molar-refractivity contribution >= 4 is 23.3 Å². The van der Waals surface area contributed by atoms with Gasteiger partial charge in [0.15, 0.2) is 0 Å². The lowest BCUT2D eigenvalue weighted by Gasteiger charge is -2.26. The summed E-state index contributed by atoms with van der Waals surface area (Å²) in [5, 5.41) is 5.62. The Morgan fingerprint density at radius 2 is 1.94 bits per heavy atom. The average Bonchev–Trinajstić information content (AvgIpc) is 3.58. The molecule has 0 spiro atoms. The Kier molecular flexibility index (Phi) is 6.41.